The Labute approximate surface area is 186 Å². The number of morpholine rings is 1. The lowest BCUT2D eigenvalue weighted by Gasteiger charge is -2.26. The minimum atomic E-state index is -3.73. The number of rotatable bonds is 5. The van der Waals surface area contributed by atoms with Crippen molar-refractivity contribution >= 4 is 39.1 Å². The average Bonchev–Trinajstić information content (AvgIpc) is 3.13. The molecule has 2 aromatic rings. The number of carbonyl (C=O) groups is 3. The van der Waals surface area contributed by atoms with Gasteiger partial charge in [-0.25, -0.2) is 8.42 Å². The van der Waals surface area contributed by atoms with E-state index in [9.17, 15) is 22.8 Å². The number of aryl methyl sites for hydroxylation is 1. The maximum absolute atomic E-state index is 13.1. The molecule has 32 heavy (non-hydrogen) atoms. The lowest BCUT2D eigenvalue weighted by Crippen LogP contribution is -2.40. The van der Waals surface area contributed by atoms with E-state index in [1.807, 2.05) is 0 Å². The molecule has 3 amide bonds. The fourth-order valence-electron chi connectivity index (χ4n) is 3.74. The predicted molar refractivity (Wildman–Crippen MR) is 117 cm³/mol. The number of carbonyl (C=O) groups excluding carboxylic acids is 3. The molecule has 2 aromatic carbocycles. The number of hydrogen-bond donors (Lipinski definition) is 1. The number of imide groups is 1. The highest BCUT2D eigenvalue weighted by Crippen LogP contribution is 2.26. The Kier molecular flexibility index (Phi) is 6.09. The van der Waals surface area contributed by atoms with E-state index in [-0.39, 0.29) is 48.2 Å². The SMILES string of the molecule is Cc1ccc(NC(=O)c2cccc(N3C(=O)CCC3=O)c2)cc1S(=O)(=O)N1CCOCC1. The Bertz CT molecular complexity index is 1170. The summed E-state index contributed by atoms with van der Waals surface area (Å²) in [6, 6.07) is 10.9. The van der Waals surface area contributed by atoms with Crippen LogP contribution in [-0.4, -0.2) is 56.7 Å². The fourth-order valence-corrected chi connectivity index (χ4v) is 5.39. The zero-order valence-electron chi connectivity index (χ0n) is 17.5. The molecule has 9 nitrogen and oxygen atoms in total. The van der Waals surface area contributed by atoms with E-state index >= 15 is 0 Å². The first-order chi connectivity index (χ1) is 15.3. The lowest BCUT2D eigenvalue weighted by atomic mass is 10.1. The van der Waals surface area contributed by atoms with Crippen LogP contribution in [0.3, 0.4) is 0 Å². The lowest BCUT2D eigenvalue weighted by molar-refractivity contribution is -0.121. The van der Waals surface area contributed by atoms with Crippen molar-refractivity contribution in [2.75, 3.05) is 36.5 Å². The molecule has 10 heteroatoms. The van der Waals surface area contributed by atoms with Crippen LogP contribution in [0.2, 0.25) is 0 Å². The van der Waals surface area contributed by atoms with Gasteiger partial charge < -0.3 is 10.1 Å². The van der Waals surface area contributed by atoms with Crippen LogP contribution >= 0.6 is 0 Å². The number of ether oxygens (including phenoxy) is 1. The van der Waals surface area contributed by atoms with Crippen molar-refractivity contribution in [1.29, 1.82) is 0 Å². The summed E-state index contributed by atoms with van der Waals surface area (Å²) in [6.45, 7) is 2.94. The molecule has 0 bridgehead atoms. The van der Waals surface area contributed by atoms with Crippen molar-refractivity contribution in [1.82, 2.24) is 4.31 Å². The van der Waals surface area contributed by atoms with Gasteiger partial charge >= 0.3 is 0 Å². The van der Waals surface area contributed by atoms with Crippen molar-refractivity contribution in [3.8, 4) is 0 Å². The van der Waals surface area contributed by atoms with Gasteiger partial charge in [-0.2, -0.15) is 4.31 Å². The van der Waals surface area contributed by atoms with Crippen LogP contribution in [0.5, 0.6) is 0 Å². The number of sulfonamides is 1. The molecule has 2 fully saturated rings. The van der Waals surface area contributed by atoms with Gasteiger partial charge in [0.25, 0.3) is 5.91 Å². The third-order valence-corrected chi connectivity index (χ3v) is 7.49. The molecule has 0 atom stereocenters. The summed E-state index contributed by atoms with van der Waals surface area (Å²) in [4.78, 5) is 38.0. The Morgan fingerprint density at radius 3 is 2.38 bits per heavy atom. The first-order valence-electron chi connectivity index (χ1n) is 10.2. The second-order valence-corrected chi connectivity index (χ2v) is 9.53. The molecule has 4 rings (SSSR count). The van der Waals surface area contributed by atoms with Crippen molar-refractivity contribution in [2.45, 2.75) is 24.7 Å². The summed E-state index contributed by atoms with van der Waals surface area (Å²) in [5.41, 5.74) is 1.48. The van der Waals surface area contributed by atoms with Gasteiger partial charge in [0.15, 0.2) is 0 Å². The van der Waals surface area contributed by atoms with Gasteiger partial charge in [-0.1, -0.05) is 12.1 Å². The smallest absolute Gasteiger partial charge is 0.255 e. The minimum Gasteiger partial charge on any atom is -0.379 e. The molecule has 0 unspecified atom stereocenters. The van der Waals surface area contributed by atoms with E-state index in [4.69, 9.17) is 4.74 Å². The molecule has 0 aliphatic carbocycles. The van der Waals surface area contributed by atoms with E-state index in [1.165, 1.54) is 16.4 Å². The standard InChI is InChI=1S/C22H23N3O6S/c1-15-5-6-17(14-19(15)32(29,30)24-9-11-31-12-10-24)23-22(28)16-3-2-4-18(13-16)25-20(26)7-8-21(25)27/h2-6,13-14H,7-12H2,1H3,(H,23,28). The van der Waals surface area contributed by atoms with Gasteiger partial charge in [0.1, 0.15) is 0 Å². The van der Waals surface area contributed by atoms with Gasteiger partial charge in [-0.15, -0.1) is 0 Å². The van der Waals surface area contributed by atoms with Crippen LogP contribution < -0.4 is 10.2 Å². The third kappa shape index (κ3) is 4.29. The van der Waals surface area contributed by atoms with Crippen LogP contribution in [0.15, 0.2) is 47.4 Å². The molecular weight excluding hydrogens is 434 g/mol. The number of benzene rings is 2. The molecule has 1 N–H and O–H groups in total. The zero-order chi connectivity index (χ0) is 22.9. The molecular formula is C22H23N3O6S. The molecule has 2 aliphatic rings. The van der Waals surface area contributed by atoms with Gasteiger partial charge in [-0.05, 0) is 42.8 Å². The van der Waals surface area contributed by atoms with E-state index in [0.717, 1.165) is 4.90 Å². The molecule has 0 saturated carbocycles. The van der Waals surface area contributed by atoms with E-state index < -0.39 is 15.9 Å². The molecule has 168 valence electrons. The molecule has 0 aromatic heterocycles. The monoisotopic (exact) mass is 457 g/mol. The highest BCUT2D eigenvalue weighted by atomic mass is 32.2. The maximum atomic E-state index is 13.1. The van der Waals surface area contributed by atoms with E-state index in [0.29, 0.717) is 30.2 Å². The molecule has 2 saturated heterocycles. The Hall–Kier alpha value is -3.08. The first-order valence-corrected chi connectivity index (χ1v) is 11.7. The number of hydrogen-bond acceptors (Lipinski definition) is 6. The van der Waals surface area contributed by atoms with Crippen LogP contribution in [0.4, 0.5) is 11.4 Å². The Morgan fingerprint density at radius 2 is 1.69 bits per heavy atom. The molecule has 0 radical (unpaired) electrons. The van der Waals surface area contributed by atoms with E-state index in [1.54, 1.807) is 37.3 Å². The van der Waals surface area contributed by atoms with Gasteiger partial charge in [0.05, 0.1) is 23.8 Å². The summed E-state index contributed by atoms with van der Waals surface area (Å²) in [5.74, 6) is -1.09. The van der Waals surface area contributed by atoms with Crippen LogP contribution in [0.25, 0.3) is 0 Å². The zero-order valence-corrected chi connectivity index (χ0v) is 18.4. The third-order valence-electron chi connectivity index (χ3n) is 5.45. The van der Waals surface area contributed by atoms with Crippen molar-refractivity contribution in [3.05, 3.63) is 53.6 Å². The number of anilines is 2. The van der Waals surface area contributed by atoms with Crippen molar-refractivity contribution in [3.63, 3.8) is 0 Å². The topological polar surface area (TPSA) is 113 Å². The Balaban J connectivity index is 1.57. The van der Waals surface area contributed by atoms with Crippen LogP contribution in [0.1, 0.15) is 28.8 Å². The number of amides is 3. The predicted octanol–water partition coefficient (Wildman–Crippen LogP) is 1.92. The van der Waals surface area contributed by atoms with Crippen molar-refractivity contribution < 1.29 is 27.5 Å². The van der Waals surface area contributed by atoms with Gasteiger partial charge in [0, 0.05) is 37.2 Å². The highest BCUT2D eigenvalue weighted by Gasteiger charge is 2.31. The van der Waals surface area contributed by atoms with E-state index in [2.05, 4.69) is 5.32 Å². The normalized spacial score (nSPS) is 17.6. The summed E-state index contributed by atoms with van der Waals surface area (Å²) in [5, 5.41) is 2.71. The summed E-state index contributed by atoms with van der Waals surface area (Å²) in [6.07, 6.45) is 0.304. The molecule has 2 aliphatic heterocycles. The van der Waals surface area contributed by atoms with Crippen molar-refractivity contribution in [2.24, 2.45) is 0 Å². The number of nitrogens with one attached hydrogen (secondary N) is 1. The summed E-state index contributed by atoms with van der Waals surface area (Å²) >= 11 is 0. The average molecular weight is 458 g/mol. The first kappa shape index (κ1) is 22.1. The summed E-state index contributed by atoms with van der Waals surface area (Å²) < 4.78 is 32.7. The maximum Gasteiger partial charge on any atom is 0.255 e. The fraction of sp³-hybridized carbons (Fsp3) is 0.318. The highest BCUT2D eigenvalue weighted by molar-refractivity contribution is 7.89. The second kappa shape index (κ2) is 8.81. The minimum absolute atomic E-state index is 0.124. The van der Waals surface area contributed by atoms with Gasteiger partial charge in [0.2, 0.25) is 21.8 Å². The Morgan fingerprint density at radius 1 is 1.00 bits per heavy atom. The van der Waals surface area contributed by atoms with Crippen LogP contribution in [0, 0.1) is 6.92 Å². The summed E-state index contributed by atoms with van der Waals surface area (Å²) in [7, 11) is -3.73. The number of nitrogens with zero attached hydrogens (tertiary/aromatic N) is 2. The second-order valence-electron chi connectivity index (χ2n) is 7.62. The largest absolute Gasteiger partial charge is 0.379 e. The van der Waals surface area contributed by atoms with Crippen LogP contribution in [-0.2, 0) is 24.3 Å². The molecule has 2 heterocycles. The van der Waals surface area contributed by atoms with Gasteiger partial charge in [-0.3, -0.25) is 19.3 Å². The molecule has 0 spiro atoms. The quantitative estimate of drug-likeness (QED) is 0.687.